The maximum Gasteiger partial charge on any atom is 0.419 e. The van der Waals surface area contributed by atoms with E-state index < -0.39 is 17.5 Å². The molecule has 1 aromatic carbocycles. The topological polar surface area (TPSA) is 20.2 Å². The van der Waals surface area contributed by atoms with Gasteiger partial charge in [-0.3, -0.25) is 0 Å². The molecule has 1 saturated carbocycles. The number of alkyl halides is 3. The van der Waals surface area contributed by atoms with Gasteiger partial charge in [0.25, 0.3) is 0 Å². The smallest absolute Gasteiger partial charge is 0.419 e. The summed E-state index contributed by atoms with van der Waals surface area (Å²) < 4.78 is 41.1. The summed E-state index contributed by atoms with van der Waals surface area (Å²) in [6.45, 7) is 4.24. The van der Waals surface area contributed by atoms with Crippen molar-refractivity contribution in [1.29, 1.82) is 0 Å². The molecule has 3 aliphatic carbocycles. The lowest BCUT2D eigenvalue weighted by atomic mass is 9.69. The van der Waals surface area contributed by atoms with Gasteiger partial charge in [0, 0.05) is 5.56 Å². The van der Waals surface area contributed by atoms with E-state index in [-0.39, 0.29) is 11.8 Å². The molecule has 4 rings (SSSR count). The van der Waals surface area contributed by atoms with E-state index >= 15 is 0 Å². The molecule has 1 aromatic rings. The summed E-state index contributed by atoms with van der Waals surface area (Å²) >= 11 is 0. The van der Waals surface area contributed by atoms with E-state index in [1.807, 2.05) is 0 Å². The Morgan fingerprint density at radius 3 is 2.37 bits per heavy atom. The zero-order valence-electron chi connectivity index (χ0n) is 16.0. The number of hydrogen-bond acceptors (Lipinski definition) is 1. The van der Waals surface area contributed by atoms with E-state index in [0.29, 0.717) is 12.0 Å². The summed E-state index contributed by atoms with van der Waals surface area (Å²) in [6.07, 6.45) is 5.19. The number of allylic oxidation sites excluding steroid dienone is 4. The summed E-state index contributed by atoms with van der Waals surface area (Å²) in [5.74, 6) is -0.163. The van der Waals surface area contributed by atoms with Crippen molar-refractivity contribution in [1.82, 2.24) is 0 Å². The fraction of sp³-hybridized carbons (Fsp3) is 0.565. The highest BCUT2D eigenvalue weighted by Gasteiger charge is 2.39. The highest BCUT2D eigenvalue weighted by molar-refractivity contribution is 5.83. The van der Waals surface area contributed by atoms with E-state index in [1.165, 1.54) is 17.2 Å². The highest BCUT2D eigenvalue weighted by atomic mass is 19.4. The van der Waals surface area contributed by atoms with Gasteiger partial charge in [0.1, 0.15) is 5.75 Å². The molecule has 3 aliphatic rings. The first-order valence-corrected chi connectivity index (χ1v) is 10.2. The Kier molecular flexibility index (Phi) is 4.64. The van der Waals surface area contributed by atoms with Crippen molar-refractivity contribution in [2.75, 3.05) is 0 Å². The minimum Gasteiger partial charge on any atom is -0.507 e. The lowest BCUT2D eigenvalue weighted by Crippen LogP contribution is -2.21. The highest BCUT2D eigenvalue weighted by Crippen LogP contribution is 2.51. The van der Waals surface area contributed by atoms with Gasteiger partial charge in [-0.15, -0.1) is 0 Å². The molecule has 0 amide bonds. The maximum absolute atomic E-state index is 13.7. The average molecular weight is 376 g/mol. The normalized spacial score (nSPS) is 25.7. The molecule has 1 unspecified atom stereocenters. The molecule has 0 bridgehead atoms. The second-order valence-corrected chi connectivity index (χ2v) is 8.43. The van der Waals surface area contributed by atoms with Crippen LogP contribution in [0.2, 0.25) is 0 Å². The number of phenolic OH excluding ortho intramolecular Hbond substituents is 1. The molecular weight excluding hydrogens is 349 g/mol. The van der Waals surface area contributed by atoms with E-state index in [9.17, 15) is 18.3 Å². The third kappa shape index (κ3) is 3.11. The number of rotatable bonds is 1. The van der Waals surface area contributed by atoms with Crippen LogP contribution in [0.4, 0.5) is 13.2 Å². The Balaban J connectivity index is 2.02. The number of benzene rings is 1. The molecule has 0 radical (unpaired) electrons. The van der Waals surface area contributed by atoms with Gasteiger partial charge in [-0.05, 0) is 97.1 Å². The van der Waals surface area contributed by atoms with Gasteiger partial charge in [0.2, 0.25) is 0 Å². The molecule has 0 heterocycles. The van der Waals surface area contributed by atoms with Crippen LogP contribution in [-0.2, 0) is 19.0 Å². The van der Waals surface area contributed by atoms with Crippen molar-refractivity contribution >= 4 is 5.57 Å². The molecule has 0 aliphatic heterocycles. The molecule has 27 heavy (non-hydrogen) atoms. The third-order valence-corrected chi connectivity index (χ3v) is 6.74. The first kappa shape index (κ1) is 18.6. The molecule has 4 heteroatoms. The number of hydrogen-bond donors (Lipinski definition) is 1. The Morgan fingerprint density at radius 1 is 0.963 bits per heavy atom. The number of fused-ring (bicyclic) bond motifs is 2. The summed E-state index contributed by atoms with van der Waals surface area (Å²) in [5.41, 5.74) is 4.87. The third-order valence-electron chi connectivity index (χ3n) is 6.74. The average Bonchev–Trinajstić information content (AvgIpc) is 2.62. The molecule has 2 atom stereocenters. The standard InChI is InChI=1S/C23H27F3O/c1-13-11-15-7-3-5-9-17(15)20(14(13)2)21-18-10-6-4-8-16(18)12-19(22(21)27)23(24,25)26/h11-14,27H,3-10H2,1-2H3/t13-,14?/m0/s1. The minimum atomic E-state index is -4.54. The number of aryl methyl sites for hydroxylation is 1. The van der Waals surface area contributed by atoms with Crippen LogP contribution in [0.1, 0.15) is 74.6 Å². The van der Waals surface area contributed by atoms with Crippen LogP contribution >= 0.6 is 0 Å². The zero-order chi connectivity index (χ0) is 19.3. The molecule has 1 fully saturated rings. The van der Waals surface area contributed by atoms with Gasteiger partial charge in [-0.1, -0.05) is 19.9 Å². The molecule has 0 spiro atoms. The van der Waals surface area contributed by atoms with Crippen molar-refractivity contribution in [2.24, 2.45) is 11.8 Å². The fourth-order valence-electron chi connectivity index (χ4n) is 5.20. The molecule has 0 aromatic heterocycles. The van der Waals surface area contributed by atoms with Crippen LogP contribution in [0.15, 0.2) is 23.3 Å². The van der Waals surface area contributed by atoms with E-state index in [1.54, 1.807) is 0 Å². The van der Waals surface area contributed by atoms with Gasteiger partial charge in [0.15, 0.2) is 0 Å². The summed E-state index contributed by atoms with van der Waals surface area (Å²) in [6, 6.07) is 1.20. The Morgan fingerprint density at radius 2 is 1.63 bits per heavy atom. The molecule has 146 valence electrons. The predicted octanol–water partition coefficient (Wildman–Crippen LogP) is 6.83. The summed E-state index contributed by atoms with van der Waals surface area (Å²) in [5, 5.41) is 10.9. The van der Waals surface area contributed by atoms with Crippen LogP contribution in [0.5, 0.6) is 5.75 Å². The first-order valence-electron chi connectivity index (χ1n) is 10.2. The van der Waals surface area contributed by atoms with Gasteiger partial charge in [0.05, 0.1) is 5.56 Å². The van der Waals surface area contributed by atoms with Crippen LogP contribution < -0.4 is 0 Å². The van der Waals surface area contributed by atoms with Gasteiger partial charge in [-0.2, -0.15) is 13.2 Å². The quantitative estimate of drug-likeness (QED) is 0.569. The number of phenols is 1. The Labute approximate surface area is 159 Å². The van der Waals surface area contributed by atoms with E-state index in [4.69, 9.17) is 0 Å². The van der Waals surface area contributed by atoms with Crippen molar-refractivity contribution in [3.05, 3.63) is 45.5 Å². The van der Waals surface area contributed by atoms with E-state index in [2.05, 4.69) is 19.9 Å². The SMILES string of the molecule is CC1C(c2c(O)c(C(F)(F)F)cc3c2CCCC3)=C2CCCCC2=C[C@@H]1C. The second-order valence-electron chi connectivity index (χ2n) is 8.43. The number of aromatic hydroxyl groups is 1. The van der Waals surface area contributed by atoms with Crippen LogP contribution in [-0.4, -0.2) is 5.11 Å². The Bertz CT molecular complexity index is 829. The monoisotopic (exact) mass is 376 g/mol. The van der Waals surface area contributed by atoms with Gasteiger partial charge < -0.3 is 5.11 Å². The zero-order valence-corrected chi connectivity index (χ0v) is 16.0. The van der Waals surface area contributed by atoms with Crippen molar-refractivity contribution < 1.29 is 18.3 Å². The van der Waals surface area contributed by atoms with Crippen molar-refractivity contribution in [2.45, 2.75) is 71.4 Å². The maximum atomic E-state index is 13.7. The van der Waals surface area contributed by atoms with Gasteiger partial charge >= 0.3 is 6.18 Å². The lowest BCUT2D eigenvalue weighted by molar-refractivity contribution is -0.138. The van der Waals surface area contributed by atoms with E-state index in [0.717, 1.165) is 61.6 Å². The lowest BCUT2D eigenvalue weighted by Gasteiger charge is -2.36. The van der Waals surface area contributed by atoms with Crippen LogP contribution in [0, 0.1) is 11.8 Å². The number of halogens is 3. The van der Waals surface area contributed by atoms with Crippen molar-refractivity contribution in [3.63, 3.8) is 0 Å². The Hall–Kier alpha value is -1.71. The predicted molar refractivity (Wildman–Crippen MR) is 102 cm³/mol. The molecule has 1 N–H and O–H groups in total. The largest absolute Gasteiger partial charge is 0.507 e. The van der Waals surface area contributed by atoms with Crippen molar-refractivity contribution in [3.8, 4) is 5.75 Å². The molecule has 0 saturated heterocycles. The summed E-state index contributed by atoms with van der Waals surface area (Å²) in [7, 11) is 0. The molecule has 1 nitrogen and oxygen atoms in total. The summed E-state index contributed by atoms with van der Waals surface area (Å²) in [4.78, 5) is 0. The van der Waals surface area contributed by atoms with Gasteiger partial charge in [-0.25, -0.2) is 0 Å². The minimum absolute atomic E-state index is 0.113. The van der Waals surface area contributed by atoms with Crippen LogP contribution in [0.25, 0.3) is 5.57 Å². The first-order chi connectivity index (χ1) is 12.8. The second kappa shape index (κ2) is 6.72. The molecular formula is C23H27F3O. The van der Waals surface area contributed by atoms with Crippen LogP contribution in [0.3, 0.4) is 0 Å². The fourth-order valence-corrected chi connectivity index (χ4v) is 5.20.